The van der Waals surface area contributed by atoms with Crippen molar-refractivity contribution in [2.75, 3.05) is 12.3 Å². The third-order valence-corrected chi connectivity index (χ3v) is 6.83. The van der Waals surface area contributed by atoms with Crippen LogP contribution in [0.15, 0.2) is 78.9 Å². The molecular weight excluding hydrogens is 459 g/mol. The molecule has 3 aromatic rings. The highest BCUT2D eigenvalue weighted by molar-refractivity contribution is 7.99. The van der Waals surface area contributed by atoms with Crippen molar-refractivity contribution < 1.29 is 14.0 Å². The van der Waals surface area contributed by atoms with Gasteiger partial charge in [0.25, 0.3) is 0 Å². The van der Waals surface area contributed by atoms with Crippen LogP contribution in [0.2, 0.25) is 0 Å². The zero-order valence-corrected chi connectivity index (χ0v) is 21.2. The van der Waals surface area contributed by atoms with E-state index in [1.165, 1.54) is 17.8 Å². The summed E-state index contributed by atoms with van der Waals surface area (Å²) in [5, 5.41) is 2.99. The van der Waals surface area contributed by atoms with E-state index in [0.717, 1.165) is 23.1 Å². The van der Waals surface area contributed by atoms with Crippen LogP contribution < -0.4 is 5.32 Å². The van der Waals surface area contributed by atoms with Crippen LogP contribution in [0.3, 0.4) is 0 Å². The average Bonchev–Trinajstić information content (AvgIpc) is 2.87. The topological polar surface area (TPSA) is 49.4 Å². The maximum absolute atomic E-state index is 14.0. The summed E-state index contributed by atoms with van der Waals surface area (Å²) in [6.45, 7) is 4.90. The van der Waals surface area contributed by atoms with Gasteiger partial charge in [0.05, 0.1) is 5.75 Å². The SMILES string of the molecule is CCCNC(=O)[C@@H](Cc1ccccc1)N(Cc1ccccc1C)C(=O)CSCc1ccccc1F. The monoisotopic (exact) mass is 492 g/mol. The van der Waals surface area contributed by atoms with Gasteiger partial charge in [-0.25, -0.2) is 4.39 Å². The van der Waals surface area contributed by atoms with Gasteiger partial charge < -0.3 is 10.2 Å². The van der Waals surface area contributed by atoms with Gasteiger partial charge in [0.1, 0.15) is 11.9 Å². The molecule has 3 rings (SSSR count). The number of hydrogen-bond acceptors (Lipinski definition) is 3. The molecule has 1 atom stereocenters. The van der Waals surface area contributed by atoms with Crippen LogP contribution in [0.5, 0.6) is 0 Å². The van der Waals surface area contributed by atoms with E-state index in [1.807, 2.05) is 68.4 Å². The maximum Gasteiger partial charge on any atom is 0.243 e. The smallest absolute Gasteiger partial charge is 0.243 e. The van der Waals surface area contributed by atoms with E-state index in [4.69, 9.17) is 0 Å². The quantitative estimate of drug-likeness (QED) is 0.362. The maximum atomic E-state index is 14.0. The zero-order valence-electron chi connectivity index (χ0n) is 20.4. The number of nitrogens with zero attached hydrogens (tertiary/aromatic N) is 1. The molecule has 3 aromatic carbocycles. The van der Waals surface area contributed by atoms with Gasteiger partial charge in [-0.3, -0.25) is 9.59 Å². The molecule has 35 heavy (non-hydrogen) atoms. The lowest BCUT2D eigenvalue weighted by Crippen LogP contribution is -2.51. The Bertz CT molecular complexity index is 1110. The minimum atomic E-state index is -0.648. The summed E-state index contributed by atoms with van der Waals surface area (Å²) in [6, 6.07) is 23.6. The number of hydrogen-bond donors (Lipinski definition) is 1. The molecule has 0 aliphatic rings. The van der Waals surface area contributed by atoms with Crippen molar-refractivity contribution >= 4 is 23.6 Å². The standard InChI is InChI=1S/C29H33FN2O2S/c1-3-17-31-29(34)27(18-23-12-5-4-6-13-23)32(19-24-14-8-7-11-22(24)2)28(33)21-35-20-25-15-9-10-16-26(25)30/h4-16,27H,3,17-21H2,1-2H3,(H,31,34)/t27-/m1/s1. The van der Waals surface area contributed by atoms with Crippen molar-refractivity contribution in [3.63, 3.8) is 0 Å². The molecule has 0 heterocycles. The lowest BCUT2D eigenvalue weighted by Gasteiger charge is -2.32. The van der Waals surface area contributed by atoms with Crippen LogP contribution in [0.4, 0.5) is 4.39 Å². The van der Waals surface area contributed by atoms with Crippen molar-refractivity contribution in [1.82, 2.24) is 10.2 Å². The molecule has 0 aliphatic carbocycles. The molecule has 0 aliphatic heterocycles. The number of halogens is 1. The number of aryl methyl sites for hydroxylation is 1. The lowest BCUT2D eigenvalue weighted by molar-refractivity contribution is -0.139. The Kier molecular flexibility index (Phi) is 10.4. The predicted octanol–water partition coefficient (Wildman–Crippen LogP) is 5.53. The minimum absolute atomic E-state index is 0.137. The highest BCUT2D eigenvalue weighted by Crippen LogP contribution is 2.20. The number of thioether (sulfide) groups is 1. The molecule has 0 saturated carbocycles. The predicted molar refractivity (Wildman–Crippen MR) is 142 cm³/mol. The third kappa shape index (κ3) is 7.96. The van der Waals surface area contributed by atoms with E-state index in [2.05, 4.69) is 5.32 Å². The van der Waals surface area contributed by atoms with E-state index in [1.54, 1.807) is 23.1 Å². The molecule has 0 spiro atoms. The van der Waals surface area contributed by atoms with Gasteiger partial charge in [0, 0.05) is 25.3 Å². The first-order chi connectivity index (χ1) is 17.0. The number of rotatable bonds is 12. The Hall–Kier alpha value is -3.12. The summed E-state index contributed by atoms with van der Waals surface area (Å²) < 4.78 is 14.0. The van der Waals surface area contributed by atoms with E-state index in [-0.39, 0.29) is 23.4 Å². The summed E-state index contributed by atoms with van der Waals surface area (Å²) in [5.41, 5.74) is 3.63. The first-order valence-corrected chi connectivity index (χ1v) is 13.1. The molecule has 2 amide bonds. The molecule has 0 saturated heterocycles. The fraction of sp³-hybridized carbons (Fsp3) is 0.310. The molecule has 184 valence electrons. The summed E-state index contributed by atoms with van der Waals surface area (Å²) in [6.07, 6.45) is 1.24. The summed E-state index contributed by atoms with van der Waals surface area (Å²) >= 11 is 1.36. The first-order valence-electron chi connectivity index (χ1n) is 12.0. The Morgan fingerprint density at radius 3 is 2.29 bits per heavy atom. The average molecular weight is 493 g/mol. The molecule has 1 N–H and O–H groups in total. The van der Waals surface area contributed by atoms with Gasteiger partial charge in [-0.2, -0.15) is 0 Å². The Balaban J connectivity index is 1.85. The second-order valence-electron chi connectivity index (χ2n) is 8.53. The Morgan fingerprint density at radius 2 is 1.60 bits per heavy atom. The molecule has 0 fully saturated rings. The van der Waals surface area contributed by atoms with E-state index in [0.29, 0.717) is 30.8 Å². The summed E-state index contributed by atoms with van der Waals surface area (Å²) in [5.74, 6) is -0.0156. The normalized spacial score (nSPS) is 11.6. The highest BCUT2D eigenvalue weighted by atomic mass is 32.2. The fourth-order valence-corrected chi connectivity index (χ4v) is 4.73. The van der Waals surface area contributed by atoms with Crippen molar-refractivity contribution in [2.45, 2.75) is 45.0 Å². The minimum Gasteiger partial charge on any atom is -0.354 e. The second kappa shape index (κ2) is 13.7. The molecule has 0 unspecified atom stereocenters. The highest BCUT2D eigenvalue weighted by Gasteiger charge is 2.30. The zero-order chi connectivity index (χ0) is 25.0. The number of nitrogens with one attached hydrogen (secondary N) is 1. The van der Waals surface area contributed by atoms with Gasteiger partial charge in [0.15, 0.2) is 0 Å². The Labute approximate surface area is 211 Å². The number of benzene rings is 3. The molecule has 4 nitrogen and oxygen atoms in total. The van der Waals surface area contributed by atoms with Crippen LogP contribution in [-0.4, -0.2) is 35.1 Å². The van der Waals surface area contributed by atoms with E-state index in [9.17, 15) is 14.0 Å². The third-order valence-electron chi connectivity index (χ3n) is 5.86. The van der Waals surface area contributed by atoms with Crippen LogP contribution in [-0.2, 0) is 28.3 Å². The van der Waals surface area contributed by atoms with Crippen LogP contribution in [0.1, 0.15) is 35.6 Å². The van der Waals surface area contributed by atoms with Gasteiger partial charge in [-0.05, 0) is 41.7 Å². The molecule has 0 bridgehead atoms. The molecule has 0 aromatic heterocycles. The van der Waals surface area contributed by atoms with Crippen molar-refractivity contribution in [3.05, 3.63) is 107 Å². The second-order valence-corrected chi connectivity index (χ2v) is 9.51. The molecular formula is C29H33FN2O2S. The van der Waals surface area contributed by atoms with Gasteiger partial charge in [0.2, 0.25) is 11.8 Å². The van der Waals surface area contributed by atoms with Crippen molar-refractivity contribution in [3.8, 4) is 0 Å². The number of amides is 2. The first kappa shape index (κ1) is 26.5. The molecule has 6 heteroatoms. The summed E-state index contributed by atoms with van der Waals surface area (Å²) in [7, 11) is 0. The number of carbonyl (C=O) groups is 2. The summed E-state index contributed by atoms with van der Waals surface area (Å²) in [4.78, 5) is 28.6. The van der Waals surface area contributed by atoms with Gasteiger partial charge in [-0.15, -0.1) is 11.8 Å². The van der Waals surface area contributed by atoms with Crippen molar-refractivity contribution in [1.29, 1.82) is 0 Å². The Morgan fingerprint density at radius 1 is 0.943 bits per heavy atom. The van der Waals surface area contributed by atoms with E-state index < -0.39 is 6.04 Å². The largest absolute Gasteiger partial charge is 0.354 e. The van der Waals surface area contributed by atoms with Crippen LogP contribution in [0.25, 0.3) is 0 Å². The van der Waals surface area contributed by atoms with E-state index >= 15 is 0 Å². The lowest BCUT2D eigenvalue weighted by atomic mass is 10.0. The van der Waals surface area contributed by atoms with Gasteiger partial charge >= 0.3 is 0 Å². The molecule has 0 radical (unpaired) electrons. The van der Waals surface area contributed by atoms with Gasteiger partial charge in [-0.1, -0.05) is 79.7 Å². The van der Waals surface area contributed by atoms with Crippen LogP contribution in [0, 0.1) is 12.7 Å². The van der Waals surface area contributed by atoms with Crippen molar-refractivity contribution in [2.24, 2.45) is 0 Å². The fourth-order valence-electron chi connectivity index (χ4n) is 3.84. The van der Waals surface area contributed by atoms with Crippen LogP contribution >= 0.6 is 11.8 Å². The number of carbonyl (C=O) groups excluding carboxylic acids is 2.